The van der Waals surface area contributed by atoms with Crippen LogP contribution in [0, 0.1) is 5.82 Å². The lowest BCUT2D eigenvalue weighted by molar-refractivity contribution is 0.0922. The molecule has 0 N–H and O–H groups in total. The predicted molar refractivity (Wildman–Crippen MR) is 131 cm³/mol. The maximum atomic E-state index is 16.1. The Morgan fingerprint density at radius 1 is 0.944 bits per heavy atom. The molecule has 6 nitrogen and oxygen atoms in total. The number of nitrogens with zero attached hydrogens (tertiary/aromatic N) is 2. The van der Waals surface area contributed by atoms with Crippen molar-refractivity contribution in [2.24, 2.45) is 0 Å². The summed E-state index contributed by atoms with van der Waals surface area (Å²) in [4.78, 5) is 30.5. The Hall–Kier alpha value is -4.30. The molecule has 0 unspecified atom stereocenters. The number of amides is 1. The minimum Gasteiger partial charge on any atom is -0.491 e. The van der Waals surface area contributed by atoms with Gasteiger partial charge < -0.3 is 9.47 Å². The predicted octanol–water partition coefficient (Wildman–Crippen LogP) is 6.83. The molecule has 36 heavy (non-hydrogen) atoms. The number of benzene rings is 3. The van der Waals surface area contributed by atoms with E-state index in [2.05, 4.69) is 4.98 Å². The minimum absolute atomic E-state index is 0.0193. The van der Waals surface area contributed by atoms with Gasteiger partial charge in [-0.25, -0.2) is 4.39 Å². The maximum Gasteiger partial charge on any atom is 0.294 e. The van der Waals surface area contributed by atoms with Crippen molar-refractivity contribution < 1.29 is 27.9 Å². The molecule has 0 saturated carbocycles. The number of ketones is 1. The number of anilines is 1. The van der Waals surface area contributed by atoms with Crippen molar-refractivity contribution in [1.82, 2.24) is 4.98 Å². The number of carbonyl (C=O) groups is 2. The Labute approximate surface area is 210 Å². The van der Waals surface area contributed by atoms with Crippen molar-refractivity contribution in [2.45, 2.75) is 6.92 Å². The molecule has 182 valence electrons. The van der Waals surface area contributed by atoms with Crippen LogP contribution in [0.5, 0.6) is 17.2 Å². The molecule has 3 aromatic carbocycles. The van der Waals surface area contributed by atoms with E-state index >= 15 is 8.87 Å². The number of rotatable bonds is 8. The lowest BCUT2D eigenvalue weighted by atomic mass is 9.99. The van der Waals surface area contributed by atoms with Crippen molar-refractivity contribution in [3.63, 3.8) is 0 Å². The molecule has 0 bridgehead atoms. The number of hydrogen-bond acceptors (Lipinski definition) is 5. The van der Waals surface area contributed by atoms with Gasteiger partial charge in [0, 0.05) is 18.0 Å². The van der Waals surface area contributed by atoms with E-state index in [1.807, 2.05) is 0 Å². The first kappa shape index (κ1) is 24.8. The van der Waals surface area contributed by atoms with Crippen LogP contribution in [0.25, 0.3) is 0 Å². The number of ether oxygens (including phenoxy) is 2. The van der Waals surface area contributed by atoms with E-state index in [9.17, 15) is 9.59 Å². The summed E-state index contributed by atoms with van der Waals surface area (Å²) in [7, 11) is 0. The normalized spacial score (nSPS) is 10.6. The van der Waals surface area contributed by atoms with Gasteiger partial charge in [0.25, 0.3) is 5.91 Å². The Bertz CT molecular complexity index is 1390. The second-order valence-electron chi connectivity index (χ2n) is 7.38. The molecule has 0 aliphatic heterocycles. The van der Waals surface area contributed by atoms with Gasteiger partial charge in [-0.15, -0.1) is 5.12 Å². The molecule has 0 spiro atoms. The van der Waals surface area contributed by atoms with Crippen LogP contribution in [0.15, 0.2) is 85.2 Å². The van der Waals surface area contributed by atoms with Crippen LogP contribution in [0.2, 0.25) is 5.02 Å². The Morgan fingerprint density at radius 3 is 2.22 bits per heavy atom. The first-order valence-corrected chi connectivity index (χ1v) is 11.2. The standard InChI is InChI=1S/C27H19ClF2N2O4/c1-2-35-25-21(27(34)32(30)18-11-5-3-6-12-18)26(36-19-13-7-4-8-14-19)23(29)20(22(25)28)24(33)17-10-9-15-31-16-17/h3-16H,2H2,1H3. The van der Waals surface area contributed by atoms with Crippen LogP contribution in [-0.4, -0.2) is 23.3 Å². The lowest BCUT2D eigenvalue weighted by Gasteiger charge is -2.21. The molecule has 0 aliphatic rings. The van der Waals surface area contributed by atoms with Gasteiger partial charge in [0.05, 0.1) is 22.9 Å². The minimum atomic E-state index is -1.29. The highest BCUT2D eigenvalue weighted by molar-refractivity contribution is 6.37. The van der Waals surface area contributed by atoms with Crippen molar-refractivity contribution in [1.29, 1.82) is 0 Å². The zero-order valence-corrected chi connectivity index (χ0v) is 19.7. The average Bonchev–Trinajstić information content (AvgIpc) is 2.92. The van der Waals surface area contributed by atoms with Gasteiger partial charge in [-0.2, -0.15) is 0 Å². The molecule has 0 atom stereocenters. The fourth-order valence-electron chi connectivity index (χ4n) is 3.44. The zero-order chi connectivity index (χ0) is 25.7. The number of aromatic nitrogens is 1. The highest BCUT2D eigenvalue weighted by atomic mass is 35.5. The molecule has 9 heteroatoms. The van der Waals surface area contributed by atoms with Gasteiger partial charge in [0.2, 0.25) is 0 Å². The second-order valence-corrected chi connectivity index (χ2v) is 7.75. The van der Waals surface area contributed by atoms with E-state index in [1.54, 1.807) is 31.2 Å². The first-order chi connectivity index (χ1) is 17.4. The number of hydrogen-bond donors (Lipinski definition) is 0. The highest BCUT2D eigenvalue weighted by Crippen LogP contribution is 2.45. The summed E-state index contributed by atoms with van der Waals surface area (Å²) in [6, 6.07) is 18.3. The van der Waals surface area contributed by atoms with Crippen molar-refractivity contribution in [2.75, 3.05) is 11.7 Å². The maximum absolute atomic E-state index is 16.1. The van der Waals surface area contributed by atoms with E-state index in [4.69, 9.17) is 21.1 Å². The fraction of sp³-hybridized carbons (Fsp3) is 0.0741. The molecule has 0 saturated heterocycles. The topological polar surface area (TPSA) is 68.7 Å². The highest BCUT2D eigenvalue weighted by Gasteiger charge is 2.36. The van der Waals surface area contributed by atoms with E-state index in [0.717, 1.165) is 0 Å². The van der Waals surface area contributed by atoms with Gasteiger partial charge in [-0.1, -0.05) is 52.5 Å². The summed E-state index contributed by atoms with van der Waals surface area (Å²) in [5.41, 5.74) is -1.28. The Kier molecular flexibility index (Phi) is 7.56. The number of halogens is 3. The third-order valence-electron chi connectivity index (χ3n) is 5.07. The van der Waals surface area contributed by atoms with Gasteiger partial charge in [0.15, 0.2) is 23.1 Å². The molecule has 4 aromatic rings. The molecule has 0 radical (unpaired) electrons. The smallest absolute Gasteiger partial charge is 0.294 e. The fourth-order valence-corrected chi connectivity index (χ4v) is 3.76. The van der Waals surface area contributed by atoms with E-state index in [0.29, 0.717) is 0 Å². The SMILES string of the molecule is CCOc1c(Cl)c(C(=O)c2cccnc2)c(F)c(Oc2ccccc2)c1C(=O)N(F)c1ccccc1. The van der Waals surface area contributed by atoms with Crippen LogP contribution in [0.4, 0.5) is 14.6 Å². The summed E-state index contributed by atoms with van der Waals surface area (Å²) in [6.07, 6.45) is 2.69. The summed E-state index contributed by atoms with van der Waals surface area (Å²) in [6.45, 7) is 1.58. The molecule has 1 amide bonds. The summed E-state index contributed by atoms with van der Waals surface area (Å²) in [5.74, 6) is -4.31. The Morgan fingerprint density at radius 2 is 1.61 bits per heavy atom. The molecular formula is C27H19ClF2N2O4. The monoisotopic (exact) mass is 508 g/mol. The zero-order valence-electron chi connectivity index (χ0n) is 19.0. The van der Waals surface area contributed by atoms with Crippen molar-refractivity contribution in [3.05, 3.63) is 113 Å². The van der Waals surface area contributed by atoms with Gasteiger partial charge in [-0.05, 0) is 43.3 Å². The van der Waals surface area contributed by atoms with Gasteiger partial charge in [-0.3, -0.25) is 14.6 Å². The average molecular weight is 509 g/mol. The third-order valence-corrected chi connectivity index (χ3v) is 5.43. The third kappa shape index (κ3) is 4.89. The summed E-state index contributed by atoms with van der Waals surface area (Å²) >= 11 is 6.46. The molecule has 4 rings (SSSR count). The lowest BCUT2D eigenvalue weighted by Crippen LogP contribution is -2.25. The summed E-state index contributed by atoms with van der Waals surface area (Å²) < 4.78 is 42.6. The van der Waals surface area contributed by atoms with E-state index in [1.165, 1.54) is 60.9 Å². The van der Waals surface area contributed by atoms with Gasteiger partial charge >= 0.3 is 0 Å². The molecule has 1 heterocycles. The van der Waals surface area contributed by atoms with Crippen LogP contribution in [0.1, 0.15) is 33.2 Å². The number of carbonyl (C=O) groups excluding carboxylic acids is 2. The van der Waals surface area contributed by atoms with Crippen molar-refractivity contribution in [3.8, 4) is 17.2 Å². The number of pyridine rings is 1. The second kappa shape index (κ2) is 11.0. The van der Waals surface area contributed by atoms with Crippen LogP contribution in [0.3, 0.4) is 0 Å². The van der Waals surface area contributed by atoms with Crippen molar-refractivity contribution >= 4 is 29.0 Å². The largest absolute Gasteiger partial charge is 0.491 e. The molecule has 0 fully saturated rings. The summed E-state index contributed by atoms with van der Waals surface area (Å²) in [5, 5.41) is -0.665. The molecular weight excluding hydrogens is 490 g/mol. The van der Waals surface area contributed by atoms with Crippen LogP contribution in [-0.2, 0) is 0 Å². The quantitative estimate of drug-likeness (QED) is 0.193. The molecule has 0 aliphatic carbocycles. The Balaban J connectivity index is 1.97. The van der Waals surface area contributed by atoms with E-state index in [-0.39, 0.29) is 34.5 Å². The molecule has 1 aromatic heterocycles. The van der Waals surface area contributed by atoms with Gasteiger partial charge in [0.1, 0.15) is 11.3 Å². The van der Waals surface area contributed by atoms with Crippen LogP contribution >= 0.6 is 11.6 Å². The van der Waals surface area contributed by atoms with E-state index < -0.39 is 39.4 Å². The van der Waals surface area contributed by atoms with Crippen LogP contribution < -0.4 is 14.6 Å². The number of para-hydroxylation sites is 2. The first-order valence-electron chi connectivity index (χ1n) is 10.8.